The van der Waals surface area contributed by atoms with Crippen LogP contribution in [0, 0.1) is 0 Å². The van der Waals surface area contributed by atoms with Gasteiger partial charge >= 0.3 is 0 Å². The third-order valence-corrected chi connectivity index (χ3v) is 4.49. The molecule has 9 heteroatoms. The first-order valence-corrected chi connectivity index (χ1v) is 8.08. The Hall–Kier alpha value is -3.07. The van der Waals surface area contributed by atoms with Gasteiger partial charge < -0.3 is 5.32 Å². The van der Waals surface area contributed by atoms with E-state index >= 15 is 0 Å². The molecule has 0 aliphatic rings. The highest BCUT2D eigenvalue weighted by Crippen LogP contribution is 2.11. The number of hydrogen-bond acceptors (Lipinski definition) is 6. The maximum absolute atomic E-state index is 12.6. The maximum atomic E-state index is 12.6. The lowest BCUT2D eigenvalue weighted by Gasteiger charge is -2.10. The monoisotopic (exact) mass is 340 g/mol. The molecule has 0 saturated carbocycles. The number of rotatable bonds is 4. The summed E-state index contributed by atoms with van der Waals surface area (Å²) in [6.07, 6.45) is 3.06. The van der Waals surface area contributed by atoms with E-state index in [9.17, 15) is 9.59 Å². The Labute approximate surface area is 139 Å². The summed E-state index contributed by atoms with van der Waals surface area (Å²) in [4.78, 5) is 30.2. The van der Waals surface area contributed by atoms with E-state index in [-0.39, 0.29) is 23.7 Å². The first kappa shape index (κ1) is 14.5. The molecule has 0 saturated heterocycles. The van der Waals surface area contributed by atoms with E-state index in [1.165, 1.54) is 15.3 Å². The van der Waals surface area contributed by atoms with Gasteiger partial charge in [-0.15, -0.1) is 21.5 Å². The van der Waals surface area contributed by atoms with Crippen molar-refractivity contribution in [2.45, 2.75) is 13.1 Å². The third kappa shape index (κ3) is 2.44. The Kier molecular flexibility index (Phi) is 3.54. The van der Waals surface area contributed by atoms with Gasteiger partial charge in [-0.05, 0) is 23.6 Å². The van der Waals surface area contributed by atoms with Crippen LogP contribution in [0.4, 0.5) is 0 Å². The highest BCUT2D eigenvalue weighted by molar-refractivity contribution is 7.09. The van der Waals surface area contributed by atoms with Crippen LogP contribution in [0.15, 0.2) is 47.0 Å². The minimum absolute atomic E-state index is 0.101. The Morgan fingerprint density at radius 3 is 3.00 bits per heavy atom. The lowest BCUT2D eigenvalue weighted by Crippen LogP contribution is -2.33. The molecular formula is C15H12N6O2S. The number of pyridine rings is 1. The van der Waals surface area contributed by atoms with Crippen molar-refractivity contribution < 1.29 is 4.79 Å². The van der Waals surface area contributed by atoms with Crippen LogP contribution in [0.1, 0.15) is 4.88 Å². The van der Waals surface area contributed by atoms with Crippen LogP contribution in [-0.4, -0.2) is 30.1 Å². The predicted octanol–water partition coefficient (Wildman–Crippen LogP) is 0.817. The van der Waals surface area contributed by atoms with Gasteiger partial charge in [0.25, 0.3) is 5.56 Å². The summed E-state index contributed by atoms with van der Waals surface area (Å²) in [5.41, 5.74) is 0.857. The summed E-state index contributed by atoms with van der Waals surface area (Å²) in [7, 11) is 0. The van der Waals surface area contributed by atoms with Gasteiger partial charge in [0, 0.05) is 11.1 Å². The zero-order valence-corrected chi connectivity index (χ0v) is 13.2. The first-order chi connectivity index (χ1) is 11.7. The normalized spacial score (nSPS) is 11.2. The molecule has 0 bridgehead atoms. The number of hydrogen-bond donors (Lipinski definition) is 1. The quantitative estimate of drug-likeness (QED) is 0.593. The van der Waals surface area contributed by atoms with Gasteiger partial charge in [0.2, 0.25) is 11.6 Å². The van der Waals surface area contributed by atoms with E-state index < -0.39 is 0 Å². The molecule has 0 fully saturated rings. The van der Waals surface area contributed by atoms with E-state index in [0.29, 0.717) is 17.7 Å². The fourth-order valence-corrected chi connectivity index (χ4v) is 3.15. The molecule has 0 unspecified atom stereocenters. The molecular weight excluding hydrogens is 328 g/mol. The summed E-state index contributed by atoms with van der Waals surface area (Å²) in [5, 5.41) is 12.4. The Bertz CT molecular complexity index is 1080. The van der Waals surface area contributed by atoms with E-state index in [1.807, 2.05) is 17.5 Å². The highest BCUT2D eigenvalue weighted by Gasteiger charge is 2.15. The van der Waals surface area contributed by atoms with Crippen LogP contribution in [0.25, 0.3) is 16.8 Å². The fourth-order valence-electron chi connectivity index (χ4n) is 2.51. The number of fused-ring (bicyclic) bond motifs is 3. The number of nitrogens with one attached hydrogen (secondary N) is 1. The average Bonchev–Trinajstić information content (AvgIpc) is 3.28. The molecule has 120 valence electrons. The van der Waals surface area contributed by atoms with Crippen LogP contribution < -0.4 is 10.9 Å². The Balaban J connectivity index is 1.71. The topological polar surface area (TPSA) is 94.2 Å². The van der Waals surface area contributed by atoms with Crippen molar-refractivity contribution in [3.8, 4) is 0 Å². The number of carbonyl (C=O) groups excluding carboxylic acids is 1. The zero-order chi connectivity index (χ0) is 16.5. The van der Waals surface area contributed by atoms with Crippen LogP contribution >= 0.6 is 11.3 Å². The summed E-state index contributed by atoms with van der Waals surface area (Å²) < 4.78 is 2.90. The van der Waals surface area contributed by atoms with Crippen molar-refractivity contribution in [2.24, 2.45) is 0 Å². The summed E-state index contributed by atoms with van der Waals surface area (Å²) >= 11 is 1.57. The SMILES string of the molecule is O=C(Cn1c(=O)c2nncn2c2ncccc21)NCc1cccs1. The van der Waals surface area contributed by atoms with Crippen LogP contribution in [-0.2, 0) is 17.9 Å². The molecule has 1 N–H and O–H groups in total. The minimum atomic E-state index is -0.376. The molecule has 24 heavy (non-hydrogen) atoms. The van der Waals surface area contributed by atoms with Crippen LogP contribution in [0.5, 0.6) is 0 Å². The number of nitrogens with zero attached hydrogens (tertiary/aromatic N) is 5. The van der Waals surface area contributed by atoms with E-state index in [0.717, 1.165) is 4.88 Å². The second kappa shape index (κ2) is 5.85. The number of aromatic nitrogens is 5. The molecule has 0 atom stereocenters. The summed E-state index contributed by atoms with van der Waals surface area (Å²) in [5.74, 6) is -0.250. The minimum Gasteiger partial charge on any atom is -0.350 e. The fraction of sp³-hybridized carbons (Fsp3) is 0.133. The van der Waals surface area contributed by atoms with Crippen molar-refractivity contribution in [2.75, 3.05) is 0 Å². The molecule has 8 nitrogen and oxygen atoms in total. The van der Waals surface area contributed by atoms with Crippen LogP contribution in [0.3, 0.4) is 0 Å². The third-order valence-electron chi connectivity index (χ3n) is 3.61. The van der Waals surface area contributed by atoms with Crippen molar-refractivity contribution in [1.82, 2.24) is 29.5 Å². The van der Waals surface area contributed by atoms with Crippen molar-refractivity contribution in [3.05, 3.63) is 57.4 Å². The van der Waals surface area contributed by atoms with Gasteiger partial charge in [0.1, 0.15) is 12.9 Å². The average molecular weight is 340 g/mol. The van der Waals surface area contributed by atoms with E-state index in [1.54, 1.807) is 29.7 Å². The van der Waals surface area contributed by atoms with Crippen molar-refractivity contribution >= 4 is 34.1 Å². The first-order valence-electron chi connectivity index (χ1n) is 7.20. The van der Waals surface area contributed by atoms with E-state index in [2.05, 4.69) is 20.5 Å². The molecule has 0 aliphatic carbocycles. The van der Waals surface area contributed by atoms with Gasteiger partial charge in [0.05, 0.1) is 12.1 Å². The van der Waals surface area contributed by atoms with E-state index in [4.69, 9.17) is 0 Å². The van der Waals surface area contributed by atoms with Gasteiger partial charge in [0.15, 0.2) is 5.65 Å². The largest absolute Gasteiger partial charge is 0.350 e. The second-order valence-corrected chi connectivity index (χ2v) is 6.15. The molecule has 4 rings (SSSR count). The number of carbonyl (C=O) groups is 1. The van der Waals surface area contributed by atoms with Gasteiger partial charge in [-0.25, -0.2) is 4.98 Å². The highest BCUT2D eigenvalue weighted by atomic mass is 32.1. The summed E-state index contributed by atoms with van der Waals surface area (Å²) in [6, 6.07) is 7.33. The molecule has 4 aromatic rings. The summed E-state index contributed by atoms with van der Waals surface area (Å²) in [6.45, 7) is 0.338. The Morgan fingerprint density at radius 1 is 1.25 bits per heavy atom. The lowest BCUT2D eigenvalue weighted by molar-refractivity contribution is -0.121. The number of amides is 1. The van der Waals surface area contributed by atoms with Gasteiger partial charge in [-0.2, -0.15) is 0 Å². The second-order valence-electron chi connectivity index (χ2n) is 5.12. The zero-order valence-electron chi connectivity index (χ0n) is 12.4. The molecule has 0 radical (unpaired) electrons. The Morgan fingerprint density at radius 2 is 2.17 bits per heavy atom. The predicted molar refractivity (Wildman–Crippen MR) is 88.7 cm³/mol. The van der Waals surface area contributed by atoms with Crippen molar-refractivity contribution in [1.29, 1.82) is 0 Å². The number of thiophene rings is 1. The molecule has 4 aromatic heterocycles. The maximum Gasteiger partial charge on any atom is 0.297 e. The van der Waals surface area contributed by atoms with Gasteiger partial charge in [-0.1, -0.05) is 6.07 Å². The smallest absolute Gasteiger partial charge is 0.297 e. The van der Waals surface area contributed by atoms with Crippen LogP contribution in [0.2, 0.25) is 0 Å². The molecule has 1 amide bonds. The molecule has 0 aliphatic heterocycles. The van der Waals surface area contributed by atoms with Crippen molar-refractivity contribution in [3.63, 3.8) is 0 Å². The van der Waals surface area contributed by atoms with Gasteiger partial charge in [-0.3, -0.25) is 18.6 Å². The molecule has 4 heterocycles. The lowest BCUT2D eigenvalue weighted by atomic mass is 10.3. The molecule has 0 spiro atoms. The molecule has 0 aromatic carbocycles. The standard InChI is InChI=1S/C15H12N6O2S/c22-12(17-7-10-3-2-6-24-10)8-20-11-4-1-5-16-13(11)21-9-18-19-14(21)15(20)23/h1-6,9H,7-8H2,(H,17,22).